The van der Waals surface area contributed by atoms with E-state index in [9.17, 15) is 9.90 Å². The predicted molar refractivity (Wildman–Crippen MR) is 94.5 cm³/mol. The summed E-state index contributed by atoms with van der Waals surface area (Å²) < 4.78 is 10.8. The second kappa shape index (κ2) is 17.7. The maximum absolute atomic E-state index is 11.7. The van der Waals surface area contributed by atoms with Gasteiger partial charge in [0.15, 0.2) is 0 Å². The van der Waals surface area contributed by atoms with Crippen molar-refractivity contribution in [1.82, 2.24) is 0 Å². The molecule has 138 valence electrons. The van der Waals surface area contributed by atoms with E-state index in [4.69, 9.17) is 9.47 Å². The van der Waals surface area contributed by atoms with Crippen molar-refractivity contribution in [3.63, 3.8) is 0 Å². The zero-order valence-corrected chi connectivity index (χ0v) is 15.4. The third-order valence-electron chi connectivity index (χ3n) is 3.93. The van der Waals surface area contributed by atoms with Crippen molar-refractivity contribution >= 4 is 5.97 Å². The molecule has 0 amide bonds. The summed E-state index contributed by atoms with van der Waals surface area (Å²) in [7, 11) is 0. The number of rotatable bonds is 17. The Labute approximate surface area is 142 Å². The summed E-state index contributed by atoms with van der Waals surface area (Å²) in [4.78, 5) is 11.7. The molecule has 0 aliphatic rings. The Hall–Kier alpha value is -0.610. The molecule has 0 rings (SSSR count). The zero-order valence-electron chi connectivity index (χ0n) is 15.4. The largest absolute Gasteiger partial charge is 0.457 e. The molecule has 0 fully saturated rings. The molecule has 0 aliphatic heterocycles. The lowest BCUT2D eigenvalue weighted by Crippen LogP contribution is -2.27. The second-order valence-electron chi connectivity index (χ2n) is 6.30. The fourth-order valence-corrected chi connectivity index (χ4v) is 2.44. The first-order valence-electron chi connectivity index (χ1n) is 9.62. The van der Waals surface area contributed by atoms with Crippen molar-refractivity contribution in [2.24, 2.45) is 0 Å². The molecule has 0 saturated heterocycles. The van der Waals surface area contributed by atoms with Gasteiger partial charge in [0, 0.05) is 13.0 Å². The van der Waals surface area contributed by atoms with Gasteiger partial charge in [0.25, 0.3) is 0 Å². The minimum absolute atomic E-state index is 0.169. The Morgan fingerprint density at radius 2 is 1.43 bits per heavy atom. The van der Waals surface area contributed by atoms with Crippen LogP contribution in [0.15, 0.2) is 0 Å². The fourth-order valence-electron chi connectivity index (χ4n) is 2.44. The standard InChI is InChI=1S/C19H38O4/c1-3-5-7-9-11-13-15-22-17-18(16-20)23-19(21)14-12-10-8-6-4-2/h18,20H,3-17H2,1-2H3. The van der Waals surface area contributed by atoms with Crippen molar-refractivity contribution in [2.45, 2.75) is 97.0 Å². The van der Waals surface area contributed by atoms with Gasteiger partial charge in [0.1, 0.15) is 6.10 Å². The van der Waals surface area contributed by atoms with Gasteiger partial charge < -0.3 is 14.6 Å². The lowest BCUT2D eigenvalue weighted by atomic mass is 10.1. The molecule has 0 radical (unpaired) electrons. The molecule has 0 aromatic rings. The highest BCUT2D eigenvalue weighted by molar-refractivity contribution is 5.69. The number of esters is 1. The smallest absolute Gasteiger partial charge is 0.306 e. The molecule has 0 spiro atoms. The van der Waals surface area contributed by atoms with Crippen LogP contribution in [0, 0.1) is 0 Å². The van der Waals surface area contributed by atoms with Crippen molar-refractivity contribution in [3.8, 4) is 0 Å². The normalized spacial score (nSPS) is 12.3. The molecule has 0 aromatic carbocycles. The van der Waals surface area contributed by atoms with Crippen molar-refractivity contribution in [2.75, 3.05) is 19.8 Å². The first-order valence-corrected chi connectivity index (χ1v) is 9.62. The summed E-state index contributed by atoms with van der Waals surface area (Å²) in [6, 6.07) is 0. The minimum atomic E-state index is -0.516. The number of aliphatic hydroxyl groups is 1. The van der Waals surface area contributed by atoms with Crippen molar-refractivity contribution < 1.29 is 19.4 Å². The Morgan fingerprint density at radius 3 is 2.04 bits per heavy atom. The van der Waals surface area contributed by atoms with E-state index in [2.05, 4.69) is 13.8 Å². The van der Waals surface area contributed by atoms with Gasteiger partial charge in [0.2, 0.25) is 0 Å². The number of ether oxygens (including phenoxy) is 2. The van der Waals surface area contributed by atoms with Crippen LogP contribution in [0.3, 0.4) is 0 Å². The average Bonchev–Trinajstić information content (AvgIpc) is 2.56. The van der Waals surface area contributed by atoms with E-state index in [1.165, 1.54) is 51.4 Å². The van der Waals surface area contributed by atoms with Crippen molar-refractivity contribution in [3.05, 3.63) is 0 Å². The number of carbonyl (C=O) groups is 1. The van der Waals surface area contributed by atoms with Gasteiger partial charge in [-0.15, -0.1) is 0 Å². The van der Waals surface area contributed by atoms with Gasteiger partial charge in [0.05, 0.1) is 13.2 Å². The number of unbranched alkanes of at least 4 members (excludes halogenated alkanes) is 9. The molecule has 0 aliphatic carbocycles. The Bertz CT molecular complexity index is 256. The quantitative estimate of drug-likeness (QED) is 0.312. The summed E-state index contributed by atoms with van der Waals surface area (Å²) >= 11 is 0. The van der Waals surface area contributed by atoms with Gasteiger partial charge >= 0.3 is 5.97 Å². The van der Waals surface area contributed by atoms with E-state index in [0.717, 1.165) is 19.3 Å². The summed E-state index contributed by atoms with van der Waals surface area (Å²) in [5.74, 6) is -0.219. The van der Waals surface area contributed by atoms with Gasteiger partial charge in [-0.2, -0.15) is 0 Å². The molecular formula is C19H38O4. The van der Waals surface area contributed by atoms with Crippen LogP contribution < -0.4 is 0 Å². The highest BCUT2D eigenvalue weighted by atomic mass is 16.6. The molecule has 1 atom stereocenters. The maximum Gasteiger partial charge on any atom is 0.306 e. The Balaban J connectivity index is 3.51. The number of hydrogen-bond acceptors (Lipinski definition) is 4. The van der Waals surface area contributed by atoms with Gasteiger partial charge in [-0.1, -0.05) is 71.6 Å². The third-order valence-corrected chi connectivity index (χ3v) is 3.93. The first-order chi connectivity index (χ1) is 11.2. The van der Waals surface area contributed by atoms with E-state index >= 15 is 0 Å². The summed E-state index contributed by atoms with van der Waals surface area (Å²) in [5, 5.41) is 9.26. The first kappa shape index (κ1) is 22.4. The van der Waals surface area contributed by atoms with Crippen LogP contribution in [-0.4, -0.2) is 37.0 Å². The lowest BCUT2D eigenvalue weighted by molar-refractivity contribution is -0.154. The van der Waals surface area contributed by atoms with Crippen molar-refractivity contribution in [1.29, 1.82) is 0 Å². The maximum atomic E-state index is 11.7. The average molecular weight is 331 g/mol. The molecule has 0 heterocycles. The van der Waals surface area contributed by atoms with Crippen LogP contribution in [0.1, 0.15) is 90.9 Å². The summed E-state index contributed by atoms with van der Waals surface area (Å²) in [5.41, 5.74) is 0. The van der Waals surface area contributed by atoms with E-state index < -0.39 is 6.10 Å². The molecule has 4 nitrogen and oxygen atoms in total. The Kier molecular flexibility index (Phi) is 17.3. The molecule has 0 saturated carbocycles. The van der Waals surface area contributed by atoms with Crippen LogP contribution in [0.4, 0.5) is 0 Å². The topological polar surface area (TPSA) is 55.8 Å². The summed E-state index contributed by atoms with van der Waals surface area (Å²) in [6.45, 7) is 5.19. The molecule has 1 unspecified atom stereocenters. The SMILES string of the molecule is CCCCCCCCOCC(CO)OC(=O)CCCCCCC. The number of aliphatic hydroxyl groups excluding tert-OH is 1. The van der Waals surface area contributed by atoms with Crippen LogP contribution in [0.2, 0.25) is 0 Å². The van der Waals surface area contributed by atoms with E-state index in [0.29, 0.717) is 19.6 Å². The van der Waals surface area contributed by atoms with Crippen LogP contribution in [0.5, 0.6) is 0 Å². The molecule has 0 aromatic heterocycles. The van der Waals surface area contributed by atoms with E-state index in [1.54, 1.807) is 0 Å². The highest BCUT2D eigenvalue weighted by Gasteiger charge is 2.13. The number of hydrogen-bond donors (Lipinski definition) is 1. The van der Waals surface area contributed by atoms with Crippen LogP contribution in [0.25, 0.3) is 0 Å². The third kappa shape index (κ3) is 16.0. The zero-order chi connectivity index (χ0) is 17.2. The minimum Gasteiger partial charge on any atom is -0.457 e. The predicted octanol–water partition coefficient (Wildman–Crippen LogP) is 4.63. The Morgan fingerprint density at radius 1 is 0.870 bits per heavy atom. The molecular weight excluding hydrogens is 292 g/mol. The lowest BCUT2D eigenvalue weighted by Gasteiger charge is -2.15. The fraction of sp³-hybridized carbons (Fsp3) is 0.947. The monoisotopic (exact) mass is 330 g/mol. The van der Waals surface area contributed by atoms with Crippen LogP contribution in [-0.2, 0) is 14.3 Å². The summed E-state index contributed by atoms with van der Waals surface area (Å²) in [6.07, 6.45) is 12.8. The molecule has 1 N–H and O–H groups in total. The highest BCUT2D eigenvalue weighted by Crippen LogP contribution is 2.08. The molecule has 0 bridgehead atoms. The number of carbonyl (C=O) groups excluding carboxylic acids is 1. The van der Waals surface area contributed by atoms with Gasteiger partial charge in [-0.25, -0.2) is 0 Å². The van der Waals surface area contributed by atoms with Crippen LogP contribution >= 0.6 is 0 Å². The molecule has 23 heavy (non-hydrogen) atoms. The molecule has 4 heteroatoms. The van der Waals surface area contributed by atoms with Gasteiger partial charge in [-0.05, 0) is 12.8 Å². The van der Waals surface area contributed by atoms with E-state index in [1.807, 2.05) is 0 Å². The van der Waals surface area contributed by atoms with Gasteiger partial charge in [-0.3, -0.25) is 4.79 Å². The van der Waals surface area contributed by atoms with E-state index in [-0.39, 0.29) is 12.6 Å². The second-order valence-corrected chi connectivity index (χ2v) is 6.30.